The molecule has 0 radical (unpaired) electrons. The van der Waals surface area contributed by atoms with Crippen LogP contribution in [0.2, 0.25) is 0 Å². The summed E-state index contributed by atoms with van der Waals surface area (Å²) >= 11 is 0. The molecular weight excluding hydrogens is 301 g/mol. The monoisotopic (exact) mass is 323 g/mol. The highest BCUT2D eigenvalue weighted by molar-refractivity contribution is 5.87. The molecule has 126 valence electrons. The first-order valence-electron chi connectivity index (χ1n) is 7.71. The number of carbonyl (C=O) groups is 2. The average molecular weight is 323 g/mol. The van der Waals surface area contributed by atoms with Crippen LogP contribution in [-0.4, -0.2) is 53.6 Å². The van der Waals surface area contributed by atoms with Gasteiger partial charge in [-0.25, -0.2) is 4.39 Å². The number of halogens is 1. The van der Waals surface area contributed by atoms with Gasteiger partial charge in [0.2, 0.25) is 11.8 Å². The van der Waals surface area contributed by atoms with Gasteiger partial charge in [-0.3, -0.25) is 9.59 Å². The molecular formula is C16H22FN3O3. The van der Waals surface area contributed by atoms with Crippen molar-refractivity contribution in [3.05, 3.63) is 35.6 Å². The van der Waals surface area contributed by atoms with E-state index < -0.39 is 12.1 Å². The van der Waals surface area contributed by atoms with E-state index in [4.69, 9.17) is 0 Å². The molecule has 0 aromatic heterocycles. The summed E-state index contributed by atoms with van der Waals surface area (Å²) in [5.74, 6) is -0.780. The fourth-order valence-electron chi connectivity index (χ4n) is 2.50. The number of amides is 2. The molecule has 0 saturated carbocycles. The number of benzene rings is 1. The minimum atomic E-state index is -0.519. The third kappa shape index (κ3) is 5.01. The second-order valence-corrected chi connectivity index (χ2v) is 5.61. The Morgan fingerprint density at radius 2 is 2.09 bits per heavy atom. The summed E-state index contributed by atoms with van der Waals surface area (Å²) in [6.45, 7) is 2.86. The zero-order chi connectivity index (χ0) is 16.8. The number of hydrogen-bond acceptors (Lipinski definition) is 4. The Labute approximate surface area is 134 Å². The van der Waals surface area contributed by atoms with Crippen molar-refractivity contribution in [2.45, 2.75) is 32.0 Å². The quantitative estimate of drug-likeness (QED) is 0.689. The van der Waals surface area contributed by atoms with Gasteiger partial charge in [-0.05, 0) is 31.0 Å². The maximum absolute atomic E-state index is 12.8. The Morgan fingerprint density at radius 3 is 2.65 bits per heavy atom. The molecule has 23 heavy (non-hydrogen) atoms. The minimum Gasteiger partial charge on any atom is -0.392 e. The molecule has 1 saturated heterocycles. The van der Waals surface area contributed by atoms with Crippen molar-refractivity contribution in [1.82, 2.24) is 15.5 Å². The maximum Gasteiger partial charge on any atom is 0.240 e. The number of aliphatic hydroxyl groups excluding tert-OH is 1. The number of carbonyl (C=O) groups excluding carboxylic acids is 2. The molecule has 1 heterocycles. The van der Waals surface area contributed by atoms with Crippen LogP contribution in [0, 0.1) is 5.82 Å². The summed E-state index contributed by atoms with van der Waals surface area (Å²) in [6.07, 6.45) is -0.151. The van der Waals surface area contributed by atoms with Gasteiger partial charge in [0.05, 0.1) is 18.7 Å². The molecule has 1 aromatic carbocycles. The Hall–Kier alpha value is -1.99. The van der Waals surface area contributed by atoms with Gasteiger partial charge in [-0.2, -0.15) is 0 Å². The number of nitrogens with zero attached hydrogens (tertiary/aromatic N) is 1. The SMILES string of the molecule is CCN(CC(=O)NCc1ccc(F)cc1)C(=O)C1CC(O)CN1. The van der Waals surface area contributed by atoms with E-state index in [0.717, 1.165) is 5.56 Å². The zero-order valence-corrected chi connectivity index (χ0v) is 13.1. The van der Waals surface area contributed by atoms with E-state index >= 15 is 0 Å². The van der Waals surface area contributed by atoms with E-state index in [-0.39, 0.29) is 30.7 Å². The second kappa shape index (κ2) is 8.03. The van der Waals surface area contributed by atoms with Gasteiger partial charge in [-0.1, -0.05) is 12.1 Å². The summed E-state index contributed by atoms with van der Waals surface area (Å²) in [5, 5.41) is 15.1. The molecule has 1 fully saturated rings. The number of β-amino-alcohol motifs (C(OH)–C–C–N with tert-alkyl or cyclic N) is 1. The lowest BCUT2D eigenvalue weighted by Gasteiger charge is -2.23. The number of hydrogen-bond donors (Lipinski definition) is 3. The van der Waals surface area contributed by atoms with E-state index in [1.54, 1.807) is 19.1 Å². The van der Waals surface area contributed by atoms with Crippen molar-refractivity contribution < 1.29 is 19.1 Å². The van der Waals surface area contributed by atoms with Gasteiger partial charge >= 0.3 is 0 Å². The van der Waals surface area contributed by atoms with Crippen LogP contribution in [0.4, 0.5) is 4.39 Å². The first-order valence-corrected chi connectivity index (χ1v) is 7.71. The fraction of sp³-hybridized carbons (Fsp3) is 0.500. The summed E-state index contributed by atoms with van der Waals surface area (Å²) in [6, 6.07) is 5.43. The summed E-state index contributed by atoms with van der Waals surface area (Å²) in [4.78, 5) is 25.7. The molecule has 1 aliphatic heterocycles. The van der Waals surface area contributed by atoms with Gasteiger partial charge in [-0.15, -0.1) is 0 Å². The van der Waals surface area contributed by atoms with Gasteiger partial charge in [0, 0.05) is 19.6 Å². The van der Waals surface area contributed by atoms with E-state index in [0.29, 0.717) is 19.5 Å². The number of aliphatic hydroxyl groups is 1. The van der Waals surface area contributed by atoms with Crippen LogP contribution >= 0.6 is 0 Å². The van der Waals surface area contributed by atoms with Crippen LogP contribution in [0.5, 0.6) is 0 Å². The smallest absolute Gasteiger partial charge is 0.240 e. The normalized spacial score (nSPS) is 20.3. The van der Waals surface area contributed by atoms with Crippen molar-refractivity contribution in [3.63, 3.8) is 0 Å². The van der Waals surface area contributed by atoms with Crippen LogP contribution in [-0.2, 0) is 16.1 Å². The maximum atomic E-state index is 12.8. The van der Waals surface area contributed by atoms with Crippen molar-refractivity contribution in [3.8, 4) is 0 Å². The highest BCUT2D eigenvalue weighted by Crippen LogP contribution is 2.09. The largest absolute Gasteiger partial charge is 0.392 e. The van der Waals surface area contributed by atoms with Gasteiger partial charge in [0.25, 0.3) is 0 Å². The molecule has 6 nitrogen and oxygen atoms in total. The molecule has 7 heteroatoms. The molecule has 0 bridgehead atoms. The topological polar surface area (TPSA) is 81.7 Å². The molecule has 0 spiro atoms. The fourth-order valence-corrected chi connectivity index (χ4v) is 2.50. The van der Waals surface area contributed by atoms with Gasteiger partial charge in [0.1, 0.15) is 5.82 Å². The molecule has 1 aromatic rings. The number of likely N-dealkylation sites (N-methyl/N-ethyl adjacent to an activating group) is 1. The van der Waals surface area contributed by atoms with Gasteiger partial charge in [0.15, 0.2) is 0 Å². The highest BCUT2D eigenvalue weighted by atomic mass is 19.1. The Balaban J connectivity index is 1.82. The van der Waals surface area contributed by atoms with Crippen LogP contribution in [0.15, 0.2) is 24.3 Å². The highest BCUT2D eigenvalue weighted by Gasteiger charge is 2.31. The summed E-state index contributed by atoms with van der Waals surface area (Å²) in [5.41, 5.74) is 0.787. The second-order valence-electron chi connectivity index (χ2n) is 5.61. The van der Waals surface area contributed by atoms with Crippen molar-refractivity contribution >= 4 is 11.8 Å². The van der Waals surface area contributed by atoms with Crippen LogP contribution < -0.4 is 10.6 Å². The molecule has 1 aliphatic rings. The van der Waals surface area contributed by atoms with Crippen molar-refractivity contribution in [2.24, 2.45) is 0 Å². The van der Waals surface area contributed by atoms with Crippen molar-refractivity contribution in [2.75, 3.05) is 19.6 Å². The average Bonchev–Trinajstić information content (AvgIpc) is 2.98. The molecule has 0 aliphatic carbocycles. The molecule has 3 N–H and O–H groups in total. The predicted octanol–water partition coefficient (Wildman–Crippen LogP) is 0.0132. The number of rotatable bonds is 6. The van der Waals surface area contributed by atoms with Crippen LogP contribution in [0.1, 0.15) is 18.9 Å². The van der Waals surface area contributed by atoms with E-state index in [2.05, 4.69) is 10.6 Å². The third-order valence-electron chi connectivity index (χ3n) is 3.84. The predicted molar refractivity (Wildman–Crippen MR) is 82.9 cm³/mol. The first kappa shape index (κ1) is 17.4. The van der Waals surface area contributed by atoms with Gasteiger partial charge < -0.3 is 20.6 Å². The first-order chi connectivity index (χ1) is 11.0. The standard InChI is InChI=1S/C16H22FN3O3/c1-2-20(16(23)14-7-13(21)9-18-14)10-15(22)19-8-11-3-5-12(17)6-4-11/h3-6,13-14,18,21H,2,7-10H2,1H3,(H,19,22). The molecule has 2 atom stereocenters. The number of nitrogens with one attached hydrogen (secondary N) is 2. The van der Waals surface area contributed by atoms with E-state index in [9.17, 15) is 19.1 Å². The molecule has 2 amide bonds. The lowest BCUT2D eigenvalue weighted by Crippen LogP contribution is -2.47. The lowest BCUT2D eigenvalue weighted by atomic mass is 10.2. The summed E-state index contributed by atoms with van der Waals surface area (Å²) in [7, 11) is 0. The minimum absolute atomic E-state index is 0.0369. The molecule has 2 rings (SSSR count). The lowest BCUT2D eigenvalue weighted by molar-refractivity contribution is -0.137. The Morgan fingerprint density at radius 1 is 1.39 bits per heavy atom. The van der Waals surface area contributed by atoms with Crippen LogP contribution in [0.3, 0.4) is 0 Å². The van der Waals surface area contributed by atoms with Crippen molar-refractivity contribution in [1.29, 1.82) is 0 Å². The Kier molecular flexibility index (Phi) is 6.06. The Bertz CT molecular complexity index is 550. The van der Waals surface area contributed by atoms with Crippen LogP contribution in [0.25, 0.3) is 0 Å². The zero-order valence-electron chi connectivity index (χ0n) is 13.1. The van der Waals surface area contributed by atoms with E-state index in [1.165, 1.54) is 17.0 Å². The van der Waals surface area contributed by atoms with E-state index in [1.807, 2.05) is 0 Å². The summed E-state index contributed by atoms with van der Waals surface area (Å²) < 4.78 is 12.8. The third-order valence-corrected chi connectivity index (χ3v) is 3.84. The molecule has 2 unspecified atom stereocenters.